The van der Waals surface area contributed by atoms with Gasteiger partial charge in [0.2, 0.25) is 5.90 Å². The van der Waals surface area contributed by atoms with E-state index in [9.17, 15) is 0 Å². The van der Waals surface area contributed by atoms with Crippen molar-refractivity contribution in [3.8, 4) is 0 Å². The molecule has 1 aromatic rings. The van der Waals surface area contributed by atoms with E-state index < -0.39 is 4.84 Å². The second-order valence-corrected chi connectivity index (χ2v) is 3.75. The van der Waals surface area contributed by atoms with Gasteiger partial charge in [-0.3, -0.25) is 0 Å². The largest absolute Gasteiger partial charge is 0.473 e. The van der Waals surface area contributed by atoms with E-state index in [1.165, 1.54) is 0 Å². The van der Waals surface area contributed by atoms with Gasteiger partial charge in [-0.1, -0.05) is 53.5 Å². The summed E-state index contributed by atoms with van der Waals surface area (Å²) in [6.45, 7) is 3.56. The first-order chi connectivity index (χ1) is 7.24. The molecule has 0 N–H and O–H groups in total. The maximum Gasteiger partial charge on any atom is 0.242 e. The maximum atomic E-state index is 5.61. The molecule has 0 aliphatic heterocycles. The monoisotopic (exact) mass is 244 g/mol. The van der Waals surface area contributed by atoms with E-state index in [4.69, 9.17) is 27.9 Å². The molecule has 0 fully saturated rings. The van der Waals surface area contributed by atoms with Crippen molar-refractivity contribution in [3.05, 3.63) is 35.9 Å². The van der Waals surface area contributed by atoms with Gasteiger partial charge in [-0.05, 0) is 5.56 Å². The van der Waals surface area contributed by atoms with Crippen LogP contribution < -0.4 is 0 Å². The topological polar surface area (TPSA) is 34.0 Å². The van der Waals surface area contributed by atoms with Crippen LogP contribution in [0.2, 0.25) is 0 Å². The zero-order valence-corrected chi connectivity index (χ0v) is 9.45. The first-order valence-corrected chi connectivity index (χ1v) is 5.09. The summed E-state index contributed by atoms with van der Waals surface area (Å²) in [5.41, 5.74) is 1.00. The van der Waals surface area contributed by atoms with Crippen LogP contribution in [0.1, 0.15) is 5.56 Å². The van der Waals surface area contributed by atoms with Crippen molar-refractivity contribution in [2.45, 2.75) is 11.4 Å². The van der Waals surface area contributed by atoms with Crippen molar-refractivity contribution in [3.63, 3.8) is 0 Å². The number of benzene rings is 1. The van der Waals surface area contributed by atoms with Crippen LogP contribution in [0.5, 0.6) is 0 Å². The van der Waals surface area contributed by atoms with Gasteiger partial charge < -0.3 is 4.74 Å². The molecule has 0 bridgehead atoms. The molecule has 0 amide bonds. The lowest BCUT2D eigenvalue weighted by Gasteiger charge is -2.08. The van der Waals surface area contributed by atoms with Gasteiger partial charge in [-0.2, -0.15) is 5.10 Å². The normalized spacial score (nSPS) is 11.5. The van der Waals surface area contributed by atoms with Crippen LogP contribution in [0.15, 0.2) is 40.5 Å². The Bertz CT molecular complexity index is 339. The second kappa shape index (κ2) is 6.43. The first-order valence-electron chi connectivity index (χ1n) is 4.22. The third kappa shape index (κ3) is 4.32. The quantitative estimate of drug-likeness (QED) is 0.347. The zero-order chi connectivity index (χ0) is 11.1. The maximum absolute atomic E-state index is 5.61. The van der Waals surface area contributed by atoms with E-state index in [0.29, 0.717) is 6.61 Å². The molecule has 15 heavy (non-hydrogen) atoms. The molecule has 0 heterocycles. The van der Waals surface area contributed by atoms with Crippen molar-refractivity contribution in [2.75, 3.05) is 0 Å². The minimum absolute atomic E-state index is 0.150. The van der Waals surface area contributed by atoms with Crippen LogP contribution in [0.3, 0.4) is 0 Å². The fourth-order valence-electron chi connectivity index (χ4n) is 0.937. The molecule has 80 valence electrons. The number of nitrogens with zero attached hydrogens (tertiary/aromatic N) is 2. The standard InChI is InChI=1S/C10H10Cl2N2O/c1-13-14-10(9(11)12)15-7-8-5-3-2-4-6-8/h2-6,9H,1,7H2/b14-10-. The minimum atomic E-state index is -0.834. The third-order valence-corrected chi connectivity index (χ3v) is 1.96. The molecule has 1 rings (SSSR count). The predicted molar refractivity (Wildman–Crippen MR) is 63.7 cm³/mol. The highest BCUT2D eigenvalue weighted by Gasteiger charge is 2.10. The van der Waals surface area contributed by atoms with Crippen LogP contribution in [-0.4, -0.2) is 17.5 Å². The van der Waals surface area contributed by atoms with Gasteiger partial charge >= 0.3 is 0 Å². The Kier molecular flexibility index (Phi) is 5.15. The van der Waals surface area contributed by atoms with Crippen LogP contribution in [0.4, 0.5) is 0 Å². The average Bonchev–Trinajstić information content (AvgIpc) is 2.25. The Morgan fingerprint density at radius 2 is 2.00 bits per heavy atom. The Hall–Kier alpha value is -1.06. The van der Waals surface area contributed by atoms with Crippen LogP contribution >= 0.6 is 23.2 Å². The van der Waals surface area contributed by atoms with E-state index >= 15 is 0 Å². The van der Waals surface area contributed by atoms with Crippen molar-refractivity contribution in [1.82, 2.24) is 0 Å². The zero-order valence-electron chi connectivity index (χ0n) is 7.94. The number of hydrogen-bond acceptors (Lipinski definition) is 3. The second-order valence-electron chi connectivity index (χ2n) is 2.65. The Morgan fingerprint density at radius 3 is 2.53 bits per heavy atom. The fraction of sp³-hybridized carbons (Fsp3) is 0.200. The molecule has 5 heteroatoms. The van der Waals surface area contributed by atoms with E-state index in [1.54, 1.807) is 0 Å². The summed E-state index contributed by atoms with van der Waals surface area (Å²) < 4.78 is 5.28. The Morgan fingerprint density at radius 1 is 1.33 bits per heavy atom. The molecule has 0 radical (unpaired) electrons. The number of ether oxygens (including phenoxy) is 1. The van der Waals surface area contributed by atoms with E-state index in [1.807, 2.05) is 30.3 Å². The van der Waals surface area contributed by atoms with Crippen LogP contribution in [0.25, 0.3) is 0 Å². The molecule has 0 aromatic heterocycles. The van der Waals surface area contributed by atoms with Gasteiger partial charge in [0.15, 0.2) is 4.84 Å². The summed E-state index contributed by atoms with van der Waals surface area (Å²) in [7, 11) is 0. The molecule has 0 aliphatic carbocycles. The summed E-state index contributed by atoms with van der Waals surface area (Å²) in [6.07, 6.45) is 0. The van der Waals surface area contributed by atoms with E-state index in [-0.39, 0.29) is 5.90 Å². The molecule has 0 saturated heterocycles. The first kappa shape index (κ1) is 12.0. The number of hydrogen-bond donors (Lipinski definition) is 0. The summed E-state index contributed by atoms with van der Waals surface area (Å²) >= 11 is 11.2. The number of alkyl halides is 2. The SMILES string of the molecule is C=N/N=C(\OCc1ccccc1)C(Cl)Cl. The summed E-state index contributed by atoms with van der Waals surface area (Å²) in [6, 6.07) is 9.61. The lowest BCUT2D eigenvalue weighted by atomic mass is 10.2. The smallest absolute Gasteiger partial charge is 0.242 e. The highest BCUT2D eigenvalue weighted by Crippen LogP contribution is 2.09. The molecule has 1 aromatic carbocycles. The van der Waals surface area contributed by atoms with Crippen LogP contribution in [0, 0.1) is 0 Å². The van der Waals surface area contributed by atoms with E-state index in [0.717, 1.165) is 5.56 Å². The predicted octanol–water partition coefficient (Wildman–Crippen LogP) is 3.02. The molecule has 0 atom stereocenters. The summed E-state index contributed by atoms with van der Waals surface area (Å²) in [5.74, 6) is 0.150. The van der Waals surface area contributed by atoms with Crippen molar-refractivity contribution >= 4 is 35.8 Å². The molecule has 0 saturated carbocycles. The molecule has 3 nitrogen and oxygen atoms in total. The number of halogens is 2. The lowest BCUT2D eigenvalue weighted by molar-refractivity contribution is 0.287. The molecule has 0 spiro atoms. The highest BCUT2D eigenvalue weighted by molar-refractivity contribution is 6.53. The third-order valence-electron chi connectivity index (χ3n) is 1.59. The van der Waals surface area contributed by atoms with Crippen LogP contribution in [-0.2, 0) is 11.3 Å². The minimum Gasteiger partial charge on any atom is -0.473 e. The van der Waals surface area contributed by atoms with E-state index in [2.05, 4.69) is 16.9 Å². The van der Waals surface area contributed by atoms with Gasteiger partial charge in [0.05, 0.1) is 0 Å². The molecule has 0 unspecified atom stereocenters. The van der Waals surface area contributed by atoms with Gasteiger partial charge in [0.25, 0.3) is 0 Å². The Balaban J connectivity index is 2.55. The van der Waals surface area contributed by atoms with Crippen molar-refractivity contribution in [2.24, 2.45) is 10.2 Å². The Labute approximate surface area is 98.4 Å². The highest BCUT2D eigenvalue weighted by atomic mass is 35.5. The molecule has 0 aliphatic rings. The lowest BCUT2D eigenvalue weighted by Crippen LogP contribution is -2.12. The van der Waals surface area contributed by atoms with Crippen molar-refractivity contribution in [1.29, 1.82) is 0 Å². The summed E-state index contributed by atoms with van der Waals surface area (Å²) in [4.78, 5) is -0.834. The average molecular weight is 245 g/mol. The van der Waals surface area contributed by atoms with Gasteiger partial charge in [0, 0.05) is 6.72 Å². The summed E-state index contributed by atoms with van der Waals surface area (Å²) in [5, 5.41) is 6.90. The van der Waals surface area contributed by atoms with Crippen molar-refractivity contribution < 1.29 is 4.74 Å². The van der Waals surface area contributed by atoms with Gasteiger partial charge in [-0.25, -0.2) is 0 Å². The fourth-order valence-corrected chi connectivity index (χ4v) is 1.15. The molecular weight excluding hydrogens is 235 g/mol. The molecular formula is C10H10Cl2N2O. The van der Waals surface area contributed by atoms with Gasteiger partial charge in [0.1, 0.15) is 6.61 Å². The number of rotatable bonds is 4. The van der Waals surface area contributed by atoms with Gasteiger partial charge in [-0.15, -0.1) is 5.10 Å².